The van der Waals surface area contributed by atoms with Gasteiger partial charge in [-0.1, -0.05) is 26.0 Å². The van der Waals surface area contributed by atoms with E-state index in [4.69, 9.17) is 9.47 Å². The predicted octanol–water partition coefficient (Wildman–Crippen LogP) is 3.39. The maximum Gasteiger partial charge on any atom is 0.193 e. The smallest absolute Gasteiger partial charge is 0.193 e. The Balaban J connectivity index is 0.00000392. The number of hydrogen-bond acceptors (Lipinski definition) is 4. The fraction of sp³-hybridized carbons (Fsp3) is 0.500. The van der Waals surface area contributed by atoms with Crippen molar-refractivity contribution in [3.63, 3.8) is 0 Å². The number of ether oxygens (including phenoxy) is 2. The lowest BCUT2D eigenvalue weighted by atomic mass is 10.1. The molecule has 7 nitrogen and oxygen atoms in total. The fourth-order valence-electron chi connectivity index (χ4n) is 3.15. The quantitative estimate of drug-likeness (QED) is 0.358. The van der Waals surface area contributed by atoms with E-state index in [0.717, 1.165) is 35.3 Å². The Kier molecular flexibility index (Phi) is 9.57. The number of methoxy groups -OCH3 is 2. The summed E-state index contributed by atoms with van der Waals surface area (Å²) in [6.07, 6.45) is 2.07. The van der Waals surface area contributed by atoms with Crippen LogP contribution in [-0.2, 0) is 20.1 Å². The zero-order valence-electron chi connectivity index (χ0n) is 17.8. The standard InChI is InChI=1S/C20H31N5O2.HI/c1-14(2)18-16(13-25(5)23-18)12-24(4)20(21-3)22-11-15-9-8-10-17(26-6)19(15)27-7;/h8-10,13-14H,11-12H2,1-7H3,(H,21,22);1H. The van der Waals surface area contributed by atoms with Gasteiger partial charge in [0, 0.05) is 51.6 Å². The third-order valence-corrected chi connectivity index (χ3v) is 4.39. The van der Waals surface area contributed by atoms with Gasteiger partial charge in [-0.25, -0.2) is 0 Å². The molecule has 0 aliphatic carbocycles. The minimum absolute atomic E-state index is 0. The molecule has 1 aromatic carbocycles. The Morgan fingerprint density at radius 1 is 1.25 bits per heavy atom. The number of nitrogens with one attached hydrogen (secondary N) is 1. The first-order valence-electron chi connectivity index (χ1n) is 9.05. The summed E-state index contributed by atoms with van der Waals surface area (Å²) >= 11 is 0. The number of aliphatic imine (C=N–C) groups is 1. The number of aryl methyl sites for hydroxylation is 1. The highest BCUT2D eigenvalue weighted by molar-refractivity contribution is 14.0. The van der Waals surface area contributed by atoms with Crippen molar-refractivity contribution < 1.29 is 9.47 Å². The molecular weight excluding hydrogens is 469 g/mol. The van der Waals surface area contributed by atoms with Crippen LogP contribution in [0.5, 0.6) is 11.5 Å². The largest absolute Gasteiger partial charge is 0.493 e. The maximum atomic E-state index is 5.50. The lowest BCUT2D eigenvalue weighted by Crippen LogP contribution is -2.38. The van der Waals surface area contributed by atoms with Gasteiger partial charge in [-0.05, 0) is 12.0 Å². The van der Waals surface area contributed by atoms with Gasteiger partial charge < -0.3 is 19.7 Å². The van der Waals surface area contributed by atoms with Crippen molar-refractivity contribution in [3.05, 3.63) is 41.2 Å². The summed E-state index contributed by atoms with van der Waals surface area (Å²) in [7, 11) is 9.06. The topological polar surface area (TPSA) is 63.9 Å². The average Bonchev–Trinajstić information content (AvgIpc) is 3.02. The molecule has 28 heavy (non-hydrogen) atoms. The summed E-state index contributed by atoms with van der Waals surface area (Å²) < 4.78 is 12.7. The van der Waals surface area contributed by atoms with Crippen LogP contribution in [0.25, 0.3) is 0 Å². The second-order valence-corrected chi connectivity index (χ2v) is 6.78. The SMILES string of the molecule is CN=C(NCc1cccc(OC)c1OC)N(C)Cc1cn(C)nc1C(C)C.I. The number of para-hydroxylation sites is 1. The van der Waals surface area contributed by atoms with Gasteiger partial charge in [-0.2, -0.15) is 5.10 Å². The Morgan fingerprint density at radius 2 is 1.96 bits per heavy atom. The van der Waals surface area contributed by atoms with Crippen molar-refractivity contribution in [2.24, 2.45) is 12.0 Å². The number of halogens is 1. The normalized spacial score (nSPS) is 11.2. The third-order valence-electron chi connectivity index (χ3n) is 4.39. The molecule has 0 bridgehead atoms. The number of guanidine groups is 1. The highest BCUT2D eigenvalue weighted by Gasteiger charge is 2.16. The minimum Gasteiger partial charge on any atom is -0.493 e. The Bertz CT molecular complexity index is 789. The fourth-order valence-corrected chi connectivity index (χ4v) is 3.15. The van der Waals surface area contributed by atoms with Gasteiger partial charge in [0.05, 0.1) is 19.9 Å². The summed E-state index contributed by atoms with van der Waals surface area (Å²) in [5, 5.41) is 7.98. The summed E-state index contributed by atoms with van der Waals surface area (Å²) in [6, 6.07) is 5.86. The predicted molar refractivity (Wildman–Crippen MR) is 124 cm³/mol. The zero-order chi connectivity index (χ0) is 20.0. The van der Waals surface area contributed by atoms with Gasteiger partial charge in [0.2, 0.25) is 0 Å². The van der Waals surface area contributed by atoms with E-state index >= 15 is 0 Å². The molecule has 0 radical (unpaired) electrons. The number of aromatic nitrogens is 2. The van der Waals surface area contributed by atoms with Crippen molar-refractivity contribution >= 4 is 29.9 Å². The Labute approximate surface area is 185 Å². The molecule has 0 unspecified atom stereocenters. The molecule has 8 heteroatoms. The van der Waals surface area contributed by atoms with Crippen molar-refractivity contribution in [2.75, 3.05) is 28.3 Å². The van der Waals surface area contributed by atoms with Gasteiger partial charge in [0.25, 0.3) is 0 Å². The molecular formula is C20H32IN5O2. The molecule has 2 rings (SSSR count). The highest BCUT2D eigenvalue weighted by atomic mass is 127. The van der Waals surface area contributed by atoms with Crippen LogP contribution < -0.4 is 14.8 Å². The van der Waals surface area contributed by atoms with Crippen LogP contribution in [0.1, 0.15) is 36.6 Å². The van der Waals surface area contributed by atoms with Crippen LogP contribution in [0.4, 0.5) is 0 Å². The second kappa shape index (κ2) is 11.1. The van der Waals surface area contributed by atoms with Crippen molar-refractivity contribution in [2.45, 2.75) is 32.9 Å². The number of nitrogens with zero attached hydrogens (tertiary/aromatic N) is 4. The molecule has 0 atom stereocenters. The van der Waals surface area contributed by atoms with Gasteiger partial charge >= 0.3 is 0 Å². The monoisotopic (exact) mass is 501 g/mol. The third kappa shape index (κ3) is 5.76. The van der Waals surface area contributed by atoms with E-state index in [-0.39, 0.29) is 24.0 Å². The average molecular weight is 501 g/mol. The summed E-state index contributed by atoms with van der Waals surface area (Å²) in [4.78, 5) is 6.50. The molecule has 2 aromatic rings. The van der Waals surface area contributed by atoms with Gasteiger partial charge in [-0.15, -0.1) is 24.0 Å². The molecule has 1 heterocycles. The van der Waals surface area contributed by atoms with E-state index in [9.17, 15) is 0 Å². The Hall–Kier alpha value is -1.97. The maximum absolute atomic E-state index is 5.50. The van der Waals surface area contributed by atoms with Gasteiger partial charge in [0.1, 0.15) is 0 Å². The van der Waals surface area contributed by atoms with Crippen LogP contribution in [0.15, 0.2) is 29.4 Å². The molecule has 156 valence electrons. The number of rotatable bonds is 7. The van der Waals surface area contributed by atoms with E-state index < -0.39 is 0 Å². The van der Waals surface area contributed by atoms with Crippen LogP contribution in [0.3, 0.4) is 0 Å². The van der Waals surface area contributed by atoms with E-state index in [1.807, 2.05) is 37.0 Å². The molecule has 0 saturated carbocycles. The van der Waals surface area contributed by atoms with Gasteiger partial charge in [-0.3, -0.25) is 9.67 Å². The van der Waals surface area contributed by atoms with Crippen molar-refractivity contribution in [1.82, 2.24) is 20.0 Å². The van der Waals surface area contributed by atoms with Crippen molar-refractivity contribution in [3.8, 4) is 11.5 Å². The molecule has 0 fully saturated rings. The van der Waals surface area contributed by atoms with Crippen LogP contribution in [0.2, 0.25) is 0 Å². The van der Waals surface area contributed by atoms with E-state index in [1.165, 1.54) is 5.56 Å². The zero-order valence-corrected chi connectivity index (χ0v) is 20.1. The molecule has 0 saturated heterocycles. The first-order chi connectivity index (χ1) is 12.9. The summed E-state index contributed by atoms with van der Waals surface area (Å²) in [6.45, 7) is 5.64. The summed E-state index contributed by atoms with van der Waals surface area (Å²) in [5.74, 6) is 2.64. The first-order valence-corrected chi connectivity index (χ1v) is 9.05. The molecule has 1 aromatic heterocycles. The lowest BCUT2D eigenvalue weighted by molar-refractivity contribution is 0.351. The Morgan fingerprint density at radius 3 is 2.54 bits per heavy atom. The van der Waals surface area contributed by atoms with Crippen molar-refractivity contribution in [1.29, 1.82) is 0 Å². The highest BCUT2D eigenvalue weighted by Crippen LogP contribution is 2.30. The first kappa shape index (κ1) is 24.1. The second-order valence-electron chi connectivity index (χ2n) is 6.78. The van der Waals surface area contributed by atoms with E-state index in [2.05, 4.69) is 40.4 Å². The van der Waals surface area contributed by atoms with Crippen LogP contribution in [0, 0.1) is 0 Å². The summed E-state index contributed by atoms with van der Waals surface area (Å²) in [5.41, 5.74) is 3.34. The molecule has 0 spiro atoms. The molecule has 0 aliphatic rings. The number of benzene rings is 1. The molecule has 0 amide bonds. The molecule has 1 N–H and O–H groups in total. The molecule has 0 aliphatic heterocycles. The number of hydrogen-bond donors (Lipinski definition) is 1. The lowest BCUT2D eigenvalue weighted by Gasteiger charge is -2.23. The van der Waals surface area contributed by atoms with Crippen LogP contribution >= 0.6 is 24.0 Å². The minimum atomic E-state index is 0. The van der Waals surface area contributed by atoms with Gasteiger partial charge in [0.15, 0.2) is 17.5 Å². The van der Waals surface area contributed by atoms with Crippen LogP contribution in [-0.4, -0.2) is 49.0 Å². The van der Waals surface area contributed by atoms with E-state index in [1.54, 1.807) is 21.3 Å². The van der Waals surface area contributed by atoms with E-state index in [0.29, 0.717) is 12.5 Å².